The second-order valence-electron chi connectivity index (χ2n) is 6.87. The van der Waals surface area contributed by atoms with E-state index in [1.807, 2.05) is 0 Å². The molecule has 3 rings (SSSR count). The highest BCUT2D eigenvalue weighted by molar-refractivity contribution is 5.99. The third-order valence-electron chi connectivity index (χ3n) is 4.53. The molecule has 156 valence electrons. The van der Waals surface area contributed by atoms with Gasteiger partial charge in [-0.3, -0.25) is 9.59 Å². The number of rotatable bonds is 4. The van der Waals surface area contributed by atoms with Crippen LogP contribution in [-0.4, -0.2) is 63.4 Å². The molecule has 0 bridgehead atoms. The maximum atomic E-state index is 12.2. The number of carbonyl (C=O) groups excluding carboxylic acids is 3. The maximum absolute atomic E-state index is 12.2. The number of ether oxygens (including phenoxy) is 1. The number of anilines is 1. The molecule has 9 nitrogen and oxygen atoms in total. The van der Waals surface area contributed by atoms with E-state index in [4.69, 9.17) is 4.74 Å². The SMILES string of the molecule is CCOC(=O)c1nn(-c2cccc(C#C[C@]3(O)CCN(C)C3=O)c2)cc1NC(C)=O. The Balaban J connectivity index is 1.93. The zero-order valence-corrected chi connectivity index (χ0v) is 16.9. The van der Waals surface area contributed by atoms with Crippen LogP contribution < -0.4 is 5.32 Å². The van der Waals surface area contributed by atoms with E-state index in [9.17, 15) is 19.5 Å². The molecule has 0 unspecified atom stereocenters. The Morgan fingerprint density at radius 2 is 2.17 bits per heavy atom. The Labute approximate surface area is 173 Å². The average Bonchev–Trinajstić information content (AvgIpc) is 3.24. The number of carbonyl (C=O) groups is 3. The van der Waals surface area contributed by atoms with Gasteiger partial charge in [0.2, 0.25) is 11.5 Å². The summed E-state index contributed by atoms with van der Waals surface area (Å²) in [5.41, 5.74) is -0.348. The van der Waals surface area contributed by atoms with Crippen LogP contribution in [0.3, 0.4) is 0 Å². The van der Waals surface area contributed by atoms with Crippen LogP contribution in [0.15, 0.2) is 30.5 Å². The first-order valence-electron chi connectivity index (χ1n) is 9.39. The fourth-order valence-corrected chi connectivity index (χ4v) is 3.01. The monoisotopic (exact) mass is 410 g/mol. The number of aromatic nitrogens is 2. The van der Waals surface area contributed by atoms with E-state index in [2.05, 4.69) is 22.3 Å². The lowest BCUT2D eigenvalue weighted by Gasteiger charge is -2.13. The molecule has 2 heterocycles. The van der Waals surface area contributed by atoms with Crippen LogP contribution in [0, 0.1) is 11.8 Å². The molecular formula is C21H22N4O5. The minimum absolute atomic E-state index is 0.0163. The third kappa shape index (κ3) is 4.34. The lowest BCUT2D eigenvalue weighted by atomic mass is 10.0. The summed E-state index contributed by atoms with van der Waals surface area (Å²) in [6.07, 6.45) is 1.75. The standard InChI is InChI=1S/C21H22N4O5/c1-4-30-19(27)18-17(22-14(2)26)13-25(23-18)16-7-5-6-15(12-16)8-9-21(29)10-11-24(3)20(21)28/h5-7,12-13,29H,4,10-11H2,1-3H3,(H,22,26)/t21-/m0/s1. The van der Waals surface area contributed by atoms with Crippen molar-refractivity contribution in [1.82, 2.24) is 14.7 Å². The Kier molecular flexibility index (Phi) is 5.89. The lowest BCUT2D eigenvalue weighted by molar-refractivity contribution is -0.137. The molecule has 1 aliphatic rings. The quantitative estimate of drug-likeness (QED) is 0.573. The summed E-state index contributed by atoms with van der Waals surface area (Å²) in [6.45, 7) is 3.62. The number of likely N-dealkylation sites (tertiary alicyclic amines) is 1. The summed E-state index contributed by atoms with van der Waals surface area (Å²) >= 11 is 0. The average molecular weight is 410 g/mol. The smallest absolute Gasteiger partial charge is 0.361 e. The van der Waals surface area contributed by atoms with Crippen LogP contribution in [0.4, 0.5) is 5.69 Å². The van der Waals surface area contributed by atoms with Crippen molar-refractivity contribution >= 4 is 23.5 Å². The minimum Gasteiger partial charge on any atom is -0.461 e. The van der Waals surface area contributed by atoms with Crippen molar-refractivity contribution in [2.75, 3.05) is 25.5 Å². The van der Waals surface area contributed by atoms with Crippen molar-refractivity contribution in [3.8, 4) is 17.5 Å². The first-order chi connectivity index (χ1) is 14.2. The first kappa shape index (κ1) is 21.1. The molecule has 1 fully saturated rings. The number of nitrogens with zero attached hydrogens (tertiary/aromatic N) is 3. The van der Waals surface area contributed by atoms with E-state index >= 15 is 0 Å². The van der Waals surface area contributed by atoms with Gasteiger partial charge in [-0.2, -0.15) is 5.10 Å². The Morgan fingerprint density at radius 1 is 1.40 bits per heavy atom. The number of benzene rings is 1. The topological polar surface area (TPSA) is 114 Å². The number of esters is 1. The van der Waals surface area contributed by atoms with Crippen LogP contribution in [0.1, 0.15) is 36.3 Å². The number of aliphatic hydroxyl groups is 1. The van der Waals surface area contributed by atoms with Crippen molar-refractivity contribution in [1.29, 1.82) is 0 Å². The molecule has 1 aromatic heterocycles. The molecule has 9 heteroatoms. The van der Waals surface area contributed by atoms with E-state index < -0.39 is 17.5 Å². The number of hydrogen-bond donors (Lipinski definition) is 2. The van der Waals surface area contributed by atoms with Crippen LogP contribution in [0.25, 0.3) is 5.69 Å². The fourth-order valence-electron chi connectivity index (χ4n) is 3.01. The molecule has 0 spiro atoms. The van der Waals surface area contributed by atoms with E-state index in [-0.39, 0.29) is 30.3 Å². The molecule has 0 aliphatic carbocycles. The highest BCUT2D eigenvalue weighted by atomic mass is 16.5. The van der Waals surface area contributed by atoms with Gasteiger partial charge in [0, 0.05) is 32.5 Å². The Bertz CT molecular complexity index is 1060. The molecule has 1 saturated heterocycles. The van der Waals surface area contributed by atoms with Gasteiger partial charge in [-0.15, -0.1) is 0 Å². The molecule has 2 amide bonds. The van der Waals surface area contributed by atoms with Crippen LogP contribution in [0.5, 0.6) is 0 Å². The van der Waals surface area contributed by atoms with Gasteiger partial charge in [0.1, 0.15) is 0 Å². The summed E-state index contributed by atoms with van der Waals surface area (Å²) in [6, 6.07) is 6.90. The van der Waals surface area contributed by atoms with Gasteiger partial charge < -0.3 is 20.1 Å². The summed E-state index contributed by atoms with van der Waals surface area (Å²) < 4.78 is 6.42. The van der Waals surface area contributed by atoms with Crippen molar-refractivity contribution in [2.24, 2.45) is 0 Å². The summed E-state index contributed by atoms with van der Waals surface area (Å²) in [7, 11) is 1.62. The summed E-state index contributed by atoms with van der Waals surface area (Å²) in [4.78, 5) is 37.1. The van der Waals surface area contributed by atoms with E-state index in [0.29, 0.717) is 17.8 Å². The van der Waals surface area contributed by atoms with Crippen molar-refractivity contribution in [3.63, 3.8) is 0 Å². The molecule has 1 aromatic carbocycles. The fraction of sp³-hybridized carbons (Fsp3) is 0.333. The molecule has 30 heavy (non-hydrogen) atoms. The van der Waals surface area contributed by atoms with E-state index in [1.54, 1.807) is 38.2 Å². The minimum atomic E-state index is -1.69. The highest BCUT2D eigenvalue weighted by Gasteiger charge is 2.42. The third-order valence-corrected chi connectivity index (χ3v) is 4.53. The van der Waals surface area contributed by atoms with Crippen molar-refractivity contribution < 1.29 is 24.2 Å². The van der Waals surface area contributed by atoms with Gasteiger partial charge in [-0.25, -0.2) is 9.48 Å². The Hall–Kier alpha value is -3.64. The van der Waals surface area contributed by atoms with Gasteiger partial charge >= 0.3 is 5.97 Å². The highest BCUT2D eigenvalue weighted by Crippen LogP contribution is 2.22. The number of hydrogen-bond acceptors (Lipinski definition) is 6. The normalized spacial score (nSPS) is 18.0. The van der Waals surface area contributed by atoms with Crippen LogP contribution in [-0.2, 0) is 14.3 Å². The van der Waals surface area contributed by atoms with Crippen LogP contribution >= 0.6 is 0 Å². The predicted molar refractivity (Wildman–Crippen MR) is 108 cm³/mol. The second-order valence-corrected chi connectivity index (χ2v) is 6.87. The molecule has 1 aliphatic heterocycles. The van der Waals surface area contributed by atoms with E-state index in [0.717, 1.165) is 0 Å². The largest absolute Gasteiger partial charge is 0.461 e. The number of nitrogens with one attached hydrogen (secondary N) is 1. The van der Waals surface area contributed by atoms with Gasteiger partial charge in [-0.05, 0) is 25.1 Å². The molecule has 2 aromatic rings. The van der Waals surface area contributed by atoms with Crippen LogP contribution in [0.2, 0.25) is 0 Å². The number of amides is 2. The van der Waals surface area contributed by atoms with Crippen molar-refractivity contribution in [3.05, 3.63) is 41.7 Å². The zero-order chi connectivity index (χ0) is 21.9. The van der Waals surface area contributed by atoms with Gasteiger partial charge in [0.25, 0.3) is 5.91 Å². The summed E-state index contributed by atoms with van der Waals surface area (Å²) in [5, 5.41) is 17.2. The van der Waals surface area contributed by atoms with Gasteiger partial charge in [0.05, 0.1) is 24.2 Å². The molecule has 1 atom stereocenters. The number of likely N-dealkylation sites (N-methyl/N-ethyl adjacent to an activating group) is 1. The Morgan fingerprint density at radius 3 is 2.80 bits per heavy atom. The lowest BCUT2D eigenvalue weighted by Crippen LogP contribution is -2.37. The van der Waals surface area contributed by atoms with Crippen molar-refractivity contribution in [2.45, 2.75) is 25.9 Å². The molecule has 0 saturated carbocycles. The molecule has 2 N–H and O–H groups in total. The molecular weight excluding hydrogens is 388 g/mol. The predicted octanol–water partition coefficient (Wildman–Crippen LogP) is 0.952. The van der Waals surface area contributed by atoms with E-state index in [1.165, 1.54) is 22.7 Å². The second kappa shape index (κ2) is 8.39. The summed E-state index contributed by atoms with van der Waals surface area (Å²) in [5.74, 6) is 4.08. The maximum Gasteiger partial charge on any atom is 0.361 e. The zero-order valence-electron chi connectivity index (χ0n) is 16.9. The first-order valence-corrected chi connectivity index (χ1v) is 9.39. The molecule has 0 radical (unpaired) electrons. The van der Waals surface area contributed by atoms with Gasteiger partial charge in [-0.1, -0.05) is 17.9 Å². The van der Waals surface area contributed by atoms with Gasteiger partial charge in [0.15, 0.2) is 5.69 Å².